The molecule has 2 amide bonds. The third kappa shape index (κ3) is 10.4. The van der Waals surface area contributed by atoms with Gasteiger partial charge in [-0.3, -0.25) is 0 Å². The number of benzene rings is 1. The van der Waals surface area contributed by atoms with Gasteiger partial charge in [-0.1, -0.05) is 23.7 Å². The highest BCUT2D eigenvalue weighted by Gasteiger charge is 2.34. The maximum Gasteiger partial charge on any atom is 0.410 e. The number of nitrogens with two attached hydrogens (primary N) is 1. The highest BCUT2D eigenvalue weighted by Crippen LogP contribution is 2.29. The molecule has 1 aromatic carbocycles. The van der Waals surface area contributed by atoms with Crippen molar-refractivity contribution in [3.05, 3.63) is 46.3 Å². The van der Waals surface area contributed by atoms with Crippen molar-refractivity contribution in [2.24, 2.45) is 0 Å². The van der Waals surface area contributed by atoms with Gasteiger partial charge < -0.3 is 29.9 Å². The first-order valence-corrected chi connectivity index (χ1v) is 14.6. The fourth-order valence-corrected chi connectivity index (χ4v) is 4.89. The fraction of sp³-hybridized carbons (Fsp3) is 0.586. The molecule has 1 atom stereocenters. The van der Waals surface area contributed by atoms with Crippen LogP contribution >= 0.6 is 23.2 Å². The Balaban J connectivity index is 1.68. The molecule has 1 aliphatic heterocycles. The van der Waals surface area contributed by atoms with Gasteiger partial charge in [-0.2, -0.15) is 4.98 Å². The van der Waals surface area contributed by atoms with Gasteiger partial charge in [0.05, 0.1) is 12.2 Å². The summed E-state index contributed by atoms with van der Waals surface area (Å²) in [5, 5.41) is 0.519. The van der Waals surface area contributed by atoms with Crippen molar-refractivity contribution in [3.8, 4) is 0 Å². The van der Waals surface area contributed by atoms with E-state index in [-0.39, 0.29) is 17.4 Å². The average Bonchev–Trinajstić information content (AvgIpc) is 3.32. The molecule has 0 aliphatic carbocycles. The summed E-state index contributed by atoms with van der Waals surface area (Å²) in [7, 11) is 0. The number of aromatic nitrogens is 2. The Morgan fingerprint density at radius 3 is 2.37 bits per heavy atom. The molecule has 2 heterocycles. The zero-order valence-electron chi connectivity index (χ0n) is 24.8. The third-order valence-electron chi connectivity index (χ3n) is 6.28. The van der Waals surface area contributed by atoms with Gasteiger partial charge in [0.25, 0.3) is 0 Å². The molecule has 0 radical (unpaired) electrons. The van der Waals surface area contributed by atoms with Gasteiger partial charge >= 0.3 is 12.2 Å². The monoisotopic (exact) mass is 608 g/mol. The van der Waals surface area contributed by atoms with E-state index in [0.717, 1.165) is 12.0 Å². The van der Waals surface area contributed by atoms with E-state index in [0.29, 0.717) is 62.1 Å². The molecule has 0 bridgehead atoms. The first kappa shape index (κ1) is 32.5. The molecule has 3 rings (SSSR count). The van der Waals surface area contributed by atoms with Crippen LogP contribution in [0.3, 0.4) is 0 Å². The van der Waals surface area contributed by atoms with Crippen LogP contribution in [0.4, 0.5) is 21.1 Å². The molecular weight excluding hydrogens is 567 g/mol. The molecule has 2 aromatic rings. The molecule has 2 N–H and O–H groups in total. The van der Waals surface area contributed by atoms with Crippen LogP contribution in [0.5, 0.6) is 0 Å². The minimum Gasteiger partial charge on any atom is -0.444 e. The number of carbonyl (C=O) groups is 2. The van der Waals surface area contributed by atoms with Gasteiger partial charge in [-0.25, -0.2) is 14.6 Å². The SMILES string of the molecule is CC(C)(C)OC(=O)N(CCCCN(C(=O)OC(C)(C)C)C1CCN(c2nc(Cl)ncc2Cl)C1)Cc1cccc(N)c1. The minimum atomic E-state index is -0.637. The maximum atomic E-state index is 13.3. The summed E-state index contributed by atoms with van der Waals surface area (Å²) in [6.07, 6.45) is 2.74. The largest absolute Gasteiger partial charge is 0.444 e. The van der Waals surface area contributed by atoms with Gasteiger partial charge in [0.2, 0.25) is 5.28 Å². The summed E-state index contributed by atoms with van der Waals surface area (Å²) >= 11 is 12.3. The van der Waals surface area contributed by atoms with Crippen molar-refractivity contribution in [1.82, 2.24) is 19.8 Å². The number of ether oxygens (including phenoxy) is 2. The molecule has 10 nitrogen and oxygen atoms in total. The van der Waals surface area contributed by atoms with Crippen molar-refractivity contribution in [2.45, 2.75) is 84.6 Å². The van der Waals surface area contributed by atoms with E-state index in [1.165, 1.54) is 6.20 Å². The molecule has 1 fully saturated rings. The highest BCUT2D eigenvalue weighted by molar-refractivity contribution is 6.33. The van der Waals surface area contributed by atoms with E-state index in [4.69, 9.17) is 38.4 Å². The summed E-state index contributed by atoms with van der Waals surface area (Å²) in [5.41, 5.74) is 6.25. The number of anilines is 2. The summed E-state index contributed by atoms with van der Waals surface area (Å²) < 4.78 is 11.4. The number of nitrogen functional groups attached to an aromatic ring is 1. The van der Waals surface area contributed by atoms with Crippen LogP contribution in [0.2, 0.25) is 10.3 Å². The Hall–Kier alpha value is -2.98. The Bertz CT molecular complexity index is 1200. The number of hydrogen-bond donors (Lipinski definition) is 1. The Kier molecular flexibility index (Phi) is 10.9. The smallest absolute Gasteiger partial charge is 0.410 e. The molecule has 1 unspecified atom stereocenters. The van der Waals surface area contributed by atoms with Crippen molar-refractivity contribution in [2.75, 3.05) is 36.8 Å². The molecular formula is C29H42Cl2N6O4. The lowest BCUT2D eigenvalue weighted by atomic mass is 10.1. The summed E-state index contributed by atoms with van der Waals surface area (Å²) in [6, 6.07) is 7.35. The van der Waals surface area contributed by atoms with Gasteiger partial charge in [0.1, 0.15) is 16.2 Å². The van der Waals surface area contributed by atoms with Gasteiger partial charge in [0.15, 0.2) is 5.82 Å². The van der Waals surface area contributed by atoms with Crippen LogP contribution in [0.15, 0.2) is 30.5 Å². The van der Waals surface area contributed by atoms with Crippen molar-refractivity contribution < 1.29 is 19.1 Å². The van der Waals surface area contributed by atoms with E-state index in [1.54, 1.807) is 9.80 Å². The second-order valence-electron chi connectivity index (χ2n) is 12.2. The molecule has 0 saturated carbocycles. The lowest BCUT2D eigenvalue weighted by Gasteiger charge is -2.32. The molecule has 41 heavy (non-hydrogen) atoms. The van der Waals surface area contributed by atoms with Crippen molar-refractivity contribution >= 4 is 46.9 Å². The van der Waals surface area contributed by atoms with Gasteiger partial charge in [-0.05, 0) is 90.1 Å². The van der Waals surface area contributed by atoms with E-state index < -0.39 is 17.3 Å². The number of hydrogen-bond acceptors (Lipinski definition) is 8. The number of nitrogens with zero attached hydrogens (tertiary/aromatic N) is 5. The average molecular weight is 610 g/mol. The Morgan fingerprint density at radius 1 is 1.05 bits per heavy atom. The number of amides is 2. The lowest BCUT2D eigenvalue weighted by Crippen LogP contribution is -2.45. The van der Waals surface area contributed by atoms with Gasteiger partial charge in [-0.15, -0.1) is 0 Å². The normalized spacial score (nSPS) is 15.5. The molecule has 1 saturated heterocycles. The van der Waals surface area contributed by atoms with Crippen LogP contribution in [0.25, 0.3) is 0 Å². The highest BCUT2D eigenvalue weighted by atomic mass is 35.5. The standard InChI is InChI=1S/C29H42Cl2N6O4/c1-28(2,3)40-26(38)36(18-20-10-9-11-21(32)16-20)13-7-8-14-37(27(39)41-29(4,5)6)22-12-15-35(19-22)24-23(30)17-33-25(31)34-24/h9-11,16-17,22H,7-8,12-15,18-19,32H2,1-6H3. The zero-order valence-corrected chi connectivity index (χ0v) is 26.3. The molecule has 226 valence electrons. The quantitative estimate of drug-likeness (QED) is 0.197. The predicted molar refractivity (Wildman–Crippen MR) is 162 cm³/mol. The van der Waals surface area contributed by atoms with E-state index >= 15 is 0 Å². The van der Waals surface area contributed by atoms with Crippen molar-refractivity contribution in [3.63, 3.8) is 0 Å². The minimum absolute atomic E-state index is 0.107. The molecule has 0 spiro atoms. The zero-order chi connectivity index (χ0) is 30.4. The van der Waals surface area contributed by atoms with Crippen LogP contribution in [-0.4, -0.2) is 75.4 Å². The second kappa shape index (κ2) is 13.8. The molecule has 12 heteroatoms. The van der Waals surface area contributed by atoms with Crippen LogP contribution in [0, 0.1) is 0 Å². The summed E-state index contributed by atoms with van der Waals surface area (Å²) in [5.74, 6) is 0.549. The summed E-state index contributed by atoms with van der Waals surface area (Å²) in [4.78, 5) is 40.0. The fourth-order valence-electron chi connectivity index (χ4n) is 4.55. The Labute approximate surface area is 253 Å². The van der Waals surface area contributed by atoms with Gasteiger partial charge in [0, 0.05) is 38.4 Å². The number of halogens is 2. The van der Waals surface area contributed by atoms with Crippen LogP contribution in [-0.2, 0) is 16.0 Å². The van der Waals surface area contributed by atoms with E-state index in [1.807, 2.05) is 70.7 Å². The number of carbonyl (C=O) groups excluding carboxylic acids is 2. The predicted octanol–water partition coefficient (Wildman–Crippen LogP) is 6.40. The van der Waals surface area contributed by atoms with Crippen molar-refractivity contribution in [1.29, 1.82) is 0 Å². The maximum absolute atomic E-state index is 13.3. The molecule has 1 aromatic heterocycles. The Morgan fingerprint density at radius 2 is 1.71 bits per heavy atom. The second-order valence-corrected chi connectivity index (χ2v) is 13.0. The first-order chi connectivity index (χ1) is 19.1. The van der Waals surface area contributed by atoms with E-state index in [9.17, 15) is 9.59 Å². The number of unbranched alkanes of at least 4 members (excludes halogenated alkanes) is 1. The molecule has 1 aliphatic rings. The van der Waals surface area contributed by atoms with Crippen LogP contribution in [0.1, 0.15) is 66.4 Å². The topological polar surface area (TPSA) is 114 Å². The number of rotatable bonds is 9. The van der Waals surface area contributed by atoms with E-state index in [2.05, 4.69) is 9.97 Å². The lowest BCUT2D eigenvalue weighted by molar-refractivity contribution is 0.0153. The third-order valence-corrected chi connectivity index (χ3v) is 6.73. The first-order valence-electron chi connectivity index (χ1n) is 13.9. The van der Waals surface area contributed by atoms with Crippen LogP contribution < -0.4 is 10.6 Å². The summed E-state index contributed by atoms with van der Waals surface area (Å²) in [6.45, 7) is 13.6.